The average Bonchev–Trinajstić information content (AvgIpc) is 2.08. The molecule has 1 aromatic rings. The Morgan fingerprint density at radius 1 is 1.31 bits per heavy atom. The molecule has 0 aliphatic carbocycles. The quantitative estimate of drug-likeness (QED) is 0.361. The zero-order valence-electron chi connectivity index (χ0n) is 6.45. The number of hydrogen-bond donors (Lipinski definition) is 3. The van der Waals surface area contributed by atoms with E-state index in [1.807, 2.05) is 0 Å². The van der Waals surface area contributed by atoms with Crippen LogP contribution in [0.2, 0.25) is 0 Å². The van der Waals surface area contributed by atoms with Crippen molar-refractivity contribution < 1.29 is 19.5 Å². The molecule has 0 radical (unpaired) electrons. The number of nitrogens with zero attached hydrogens (tertiary/aromatic N) is 3. The smallest absolute Gasteiger partial charge is 0.402 e. The Kier molecular flexibility index (Phi) is 11.2. The van der Waals surface area contributed by atoms with Gasteiger partial charge in [-0.25, -0.2) is 4.39 Å². The molecule has 0 amide bonds. The van der Waals surface area contributed by atoms with E-state index in [-0.39, 0.29) is 5.82 Å². The van der Waals surface area contributed by atoms with Crippen LogP contribution in [0.4, 0.5) is 4.39 Å². The van der Waals surface area contributed by atoms with Crippen LogP contribution < -0.4 is 0 Å². The van der Waals surface area contributed by atoms with Crippen LogP contribution in [-0.4, -0.2) is 27.4 Å². The lowest BCUT2D eigenvalue weighted by Crippen LogP contribution is -2.07. The Morgan fingerprint density at radius 3 is 1.92 bits per heavy atom. The Bertz CT molecular complexity index is 218. The van der Waals surface area contributed by atoms with E-state index in [1.165, 1.54) is 18.5 Å². The second kappa shape index (κ2) is 10.4. The van der Waals surface area contributed by atoms with E-state index in [0.717, 1.165) is 0 Å². The third kappa shape index (κ3) is 17.9. The van der Waals surface area contributed by atoms with Crippen LogP contribution >= 0.6 is 0 Å². The third-order valence-electron chi connectivity index (χ3n) is 0.625. The van der Waals surface area contributed by atoms with Gasteiger partial charge in [0.2, 0.25) is 0 Å². The maximum Gasteiger partial charge on any atom is 0.631 e. The van der Waals surface area contributed by atoms with Crippen LogP contribution in [0, 0.1) is 16.6 Å². The van der Waals surface area contributed by atoms with Gasteiger partial charge in [-0.1, -0.05) is 0 Å². The van der Waals surface area contributed by atoms with Gasteiger partial charge in [0.05, 0.1) is 6.20 Å². The van der Waals surface area contributed by atoms with E-state index in [1.54, 1.807) is 6.07 Å². The van der Waals surface area contributed by atoms with Crippen molar-refractivity contribution in [2.24, 2.45) is 0 Å². The standard InChI is InChI=1S/C5H4FN.BH3O3.N2/c6-5-2-1-3-7-4-5;2-1(3)4;1-2/h1-4H;2-4H;. The number of hydrogen-bond acceptors (Lipinski definition) is 6. The molecule has 0 bridgehead atoms. The lowest BCUT2D eigenvalue weighted by atomic mass is 10.3. The zero-order chi connectivity index (χ0) is 10.7. The van der Waals surface area contributed by atoms with Gasteiger partial charge in [-0.05, 0) is 12.1 Å². The Hall–Kier alpha value is -1.56. The molecule has 8 heteroatoms. The first kappa shape index (κ1) is 14.0. The highest BCUT2D eigenvalue weighted by atomic mass is 19.1. The van der Waals surface area contributed by atoms with Gasteiger partial charge >= 0.3 is 7.32 Å². The maximum absolute atomic E-state index is 11.8. The molecular formula is C5H7BFN3O3. The molecule has 0 fully saturated rings. The normalized spacial score (nSPS) is 6.92. The lowest BCUT2D eigenvalue weighted by molar-refractivity contribution is 0.278. The molecule has 0 aliphatic heterocycles. The number of pyridine rings is 1. The van der Waals surface area contributed by atoms with Gasteiger partial charge in [0.1, 0.15) is 5.82 Å². The van der Waals surface area contributed by atoms with Crippen LogP contribution in [0.5, 0.6) is 0 Å². The second-order valence-electron chi connectivity index (χ2n) is 1.52. The lowest BCUT2D eigenvalue weighted by Gasteiger charge is -1.78. The molecule has 0 unspecified atom stereocenters. The molecule has 1 aromatic heterocycles. The molecule has 13 heavy (non-hydrogen) atoms. The first-order chi connectivity index (χ1) is 6.13. The number of halogens is 1. The summed E-state index contributed by atoms with van der Waals surface area (Å²) in [6.45, 7) is 0. The first-order valence-electron chi connectivity index (χ1n) is 2.92. The van der Waals surface area contributed by atoms with E-state index in [9.17, 15) is 4.39 Å². The van der Waals surface area contributed by atoms with Gasteiger partial charge in [0, 0.05) is 17.0 Å². The van der Waals surface area contributed by atoms with Crippen LogP contribution in [0.25, 0.3) is 0 Å². The molecule has 0 saturated heterocycles. The monoisotopic (exact) mass is 187 g/mol. The fourth-order valence-corrected chi connectivity index (χ4v) is 0.342. The second-order valence-corrected chi connectivity index (χ2v) is 1.52. The summed E-state index contributed by atoms with van der Waals surface area (Å²) in [5.41, 5.74) is 0. The summed E-state index contributed by atoms with van der Waals surface area (Å²) in [5, 5.41) is 33.5. The average molecular weight is 187 g/mol. The van der Waals surface area contributed by atoms with Crippen molar-refractivity contribution in [1.29, 1.82) is 10.8 Å². The molecule has 0 aromatic carbocycles. The van der Waals surface area contributed by atoms with Crippen molar-refractivity contribution in [3.63, 3.8) is 0 Å². The van der Waals surface area contributed by atoms with Crippen molar-refractivity contribution in [3.8, 4) is 0 Å². The summed E-state index contributed by atoms with van der Waals surface area (Å²) >= 11 is 0. The molecular weight excluding hydrogens is 180 g/mol. The van der Waals surface area contributed by atoms with Gasteiger partial charge in [-0.2, -0.15) is 0 Å². The van der Waals surface area contributed by atoms with Gasteiger partial charge in [0.25, 0.3) is 0 Å². The minimum Gasteiger partial charge on any atom is -0.402 e. The summed E-state index contributed by atoms with van der Waals surface area (Å²) in [6.07, 6.45) is 2.70. The SMILES string of the molecule is Fc1cccnc1.N#N.OB(O)O. The molecule has 0 aliphatic rings. The minimum absolute atomic E-state index is 0.289. The van der Waals surface area contributed by atoms with Crippen LogP contribution in [0.3, 0.4) is 0 Å². The Labute approximate surface area is 73.9 Å². The van der Waals surface area contributed by atoms with Gasteiger partial charge in [-0.15, -0.1) is 0 Å². The zero-order valence-corrected chi connectivity index (χ0v) is 6.45. The minimum atomic E-state index is -2.17. The maximum atomic E-state index is 11.8. The summed E-state index contributed by atoms with van der Waals surface area (Å²) < 4.78 is 11.8. The van der Waals surface area contributed by atoms with E-state index in [4.69, 9.17) is 25.9 Å². The summed E-state index contributed by atoms with van der Waals surface area (Å²) in [6, 6.07) is 2.91. The van der Waals surface area contributed by atoms with Crippen LogP contribution in [0.15, 0.2) is 24.5 Å². The molecule has 6 nitrogen and oxygen atoms in total. The molecule has 3 N–H and O–H groups in total. The van der Waals surface area contributed by atoms with Crippen molar-refractivity contribution in [2.75, 3.05) is 0 Å². The van der Waals surface area contributed by atoms with Crippen molar-refractivity contribution in [1.82, 2.24) is 4.98 Å². The molecule has 1 heterocycles. The van der Waals surface area contributed by atoms with E-state index < -0.39 is 7.32 Å². The summed E-state index contributed by atoms with van der Waals surface area (Å²) in [7, 11) is -2.17. The number of rotatable bonds is 0. The highest BCUT2D eigenvalue weighted by molar-refractivity contribution is 6.30. The predicted octanol–water partition coefficient (Wildman–Crippen LogP) is -0.801. The Balaban J connectivity index is 0. The largest absolute Gasteiger partial charge is 0.631 e. The van der Waals surface area contributed by atoms with Gasteiger partial charge in [-0.3, -0.25) is 4.98 Å². The molecule has 70 valence electrons. The van der Waals surface area contributed by atoms with Crippen LogP contribution in [-0.2, 0) is 0 Å². The fraction of sp³-hybridized carbons (Fsp3) is 0. The van der Waals surface area contributed by atoms with E-state index in [0.29, 0.717) is 0 Å². The Morgan fingerprint density at radius 2 is 1.77 bits per heavy atom. The molecule has 1 rings (SSSR count). The third-order valence-corrected chi connectivity index (χ3v) is 0.625. The van der Waals surface area contributed by atoms with Crippen LogP contribution in [0.1, 0.15) is 0 Å². The van der Waals surface area contributed by atoms with Gasteiger partial charge < -0.3 is 15.1 Å². The van der Waals surface area contributed by atoms with Gasteiger partial charge in [0.15, 0.2) is 0 Å². The molecule has 0 atom stereocenters. The topological polar surface area (TPSA) is 121 Å². The number of aromatic nitrogens is 1. The van der Waals surface area contributed by atoms with E-state index in [2.05, 4.69) is 4.98 Å². The highest BCUT2D eigenvalue weighted by Crippen LogP contribution is 1.87. The first-order valence-corrected chi connectivity index (χ1v) is 2.92. The van der Waals surface area contributed by atoms with E-state index >= 15 is 0 Å². The predicted molar refractivity (Wildman–Crippen MR) is 40.1 cm³/mol. The summed E-state index contributed by atoms with van der Waals surface area (Å²) in [5.74, 6) is -0.289. The van der Waals surface area contributed by atoms with Crippen molar-refractivity contribution in [3.05, 3.63) is 30.3 Å². The van der Waals surface area contributed by atoms with Crippen molar-refractivity contribution in [2.45, 2.75) is 0 Å². The summed E-state index contributed by atoms with van der Waals surface area (Å²) in [4.78, 5) is 3.51. The molecule has 0 saturated carbocycles. The highest BCUT2D eigenvalue weighted by Gasteiger charge is 1.92. The van der Waals surface area contributed by atoms with Crippen molar-refractivity contribution >= 4 is 7.32 Å². The fourth-order valence-electron chi connectivity index (χ4n) is 0.342. The molecule has 0 spiro atoms.